The molecule has 8 heteroatoms. The van der Waals surface area contributed by atoms with Crippen molar-refractivity contribution in [3.63, 3.8) is 0 Å². The lowest BCUT2D eigenvalue weighted by molar-refractivity contribution is -0.137. The number of aromatic nitrogens is 2. The van der Waals surface area contributed by atoms with Gasteiger partial charge in [0.1, 0.15) is 0 Å². The van der Waals surface area contributed by atoms with Crippen LogP contribution in [0.4, 0.5) is 13.2 Å². The molecule has 0 bridgehead atoms. The van der Waals surface area contributed by atoms with E-state index in [9.17, 15) is 13.2 Å². The number of rotatable bonds is 3. The molecule has 0 N–H and O–H groups in total. The first-order valence-electron chi connectivity index (χ1n) is 6.83. The van der Waals surface area contributed by atoms with Crippen molar-refractivity contribution >= 4 is 0 Å². The third-order valence-corrected chi connectivity index (χ3v) is 3.40. The van der Waals surface area contributed by atoms with E-state index in [-0.39, 0.29) is 5.89 Å². The topological polar surface area (TPSA) is 51.4 Å². The Morgan fingerprint density at radius 1 is 1.09 bits per heavy atom. The smallest absolute Gasteiger partial charge is 0.379 e. The van der Waals surface area contributed by atoms with Crippen molar-refractivity contribution < 1.29 is 22.4 Å². The predicted octanol–water partition coefficient (Wildman–Crippen LogP) is 2.59. The zero-order valence-corrected chi connectivity index (χ0v) is 11.6. The van der Waals surface area contributed by atoms with E-state index in [1.165, 1.54) is 12.1 Å². The molecule has 0 unspecified atom stereocenters. The average molecular weight is 313 g/mol. The molecule has 1 saturated heterocycles. The SMILES string of the molecule is FC(F)(F)c1ccc(-c2nc(CN3CCOCC3)no2)cc1. The van der Waals surface area contributed by atoms with Crippen molar-refractivity contribution in [2.75, 3.05) is 26.3 Å². The summed E-state index contributed by atoms with van der Waals surface area (Å²) in [7, 11) is 0. The Labute approximate surface area is 124 Å². The van der Waals surface area contributed by atoms with Gasteiger partial charge in [0.05, 0.1) is 25.3 Å². The maximum Gasteiger partial charge on any atom is 0.416 e. The van der Waals surface area contributed by atoms with Crippen molar-refractivity contribution in [1.82, 2.24) is 15.0 Å². The first kappa shape index (κ1) is 15.0. The van der Waals surface area contributed by atoms with Crippen molar-refractivity contribution in [2.24, 2.45) is 0 Å². The van der Waals surface area contributed by atoms with Gasteiger partial charge in [0.25, 0.3) is 5.89 Å². The first-order chi connectivity index (χ1) is 10.5. The molecule has 3 rings (SSSR count). The fourth-order valence-corrected chi connectivity index (χ4v) is 2.20. The van der Waals surface area contributed by atoms with Crippen LogP contribution >= 0.6 is 0 Å². The number of ether oxygens (including phenoxy) is 1. The molecule has 1 aromatic heterocycles. The summed E-state index contributed by atoms with van der Waals surface area (Å²) >= 11 is 0. The Kier molecular flexibility index (Phi) is 4.12. The number of hydrogen-bond acceptors (Lipinski definition) is 5. The normalized spacial score (nSPS) is 16.9. The number of hydrogen-bond donors (Lipinski definition) is 0. The highest BCUT2D eigenvalue weighted by Gasteiger charge is 2.30. The van der Waals surface area contributed by atoms with E-state index >= 15 is 0 Å². The van der Waals surface area contributed by atoms with Gasteiger partial charge < -0.3 is 9.26 Å². The minimum absolute atomic E-state index is 0.219. The Morgan fingerprint density at radius 3 is 2.41 bits per heavy atom. The fraction of sp³-hybridized carbons (Fsp3) is 0.429. The van der Waals surface area contributed by atoms with E-state index in [1.807, 2.05) is 0 Å². The van der Waals surface area contributed by atoms with E-state index in [0.717, 1.165) is 25.2 Å². The molecular formula is C14H14F3N3O2. The minimum Gasteiger partial charge on any atom is -0.379 e. The van der Waals surface area contributed by atoms with Gasteiger partial charge >= 0.3 is 6.18 Å². The number of nitrogens with zero attached hydrogens (tertiary/aromatic N) is 3. The summed E-state index contributed by atoms with van der Waals surface area (Å²) in [6.45, 7) is 3.47. The Hall–Kier alpha value is -1.93. The molecule has 2 aromatic rings. The van der Waals surface area contributed by atoms with E-state index < -0.39 is 11.7 Å². The largest absolute Gasteiger partial charge is 0.416 e. The predicted molar refractivity (Wildman–Crippen MR) is 70.8 cm³/mol. The molecule has 0 saturated carbocycles. The number of halogens is 3. The zero-order chi connectivity index (χ0) is 15.6. The van der Waals surface area contributed by atoms with Gasteiger partial charge in [-0.15, -0.1) is 0 Å². The minimum atomic E-state index is -4.35. The van der Waals surface area contributed by atoms with Gasteiger partial charge in [-0.2, -0.15) is 18.2 Å². The summed E-state index contributed by atoms with van der Waals surface area (Å²) in [5.74, 6) is 0.730. The van der Waals surface area contributed by atoms with Gasteiger partial charge in [-0.1, -0.05) is 5.16 Å². The Morgan fingerprint density at radius 2 is 1.77 bits per heavy atom. The van der Waals surface area contributed by atoms with Gasteiger partial charge in [-0.3, -0.25) is 4.90 Å². The number of alkyl halides is 3. The molecule has 118 valence electrons. The summed E-state index contributed by atoms with van der Waals surface area (Å²) in [5, 5.41) is 3.87. The first-order valence-corrected chi connectivity index (χ1v) is 6.83. The summed E-state index contributed by atoms with van der Waals surface area (Å²) < 4.78 is 47.9. The van der Waals surface area contributed by atoms with Crippen LogP contribution < -0.4 is 0 Å². The fourth-order valence-electron chi connectivity index (χ4n) is 2.20. The second kappa shape index (κ2) is 6.05. The monoisotopic (exact) mass is 313 g/mol. The van der Waals surface area contributed by atoms with Gasteiger partial charge in [0.15, 0.2) is 5.82 Å². The third kappa shape index (κ3) is 3.45. The van der Waals surface area contributed by atoms with Crippen LogP contribution in [0.1, 0.15) is 11.4 Å². The highest BCUT2D eigenvalue weighted by molar-refractivity contribution is 5.53. The summed E-state index contributed by atoms with van der Waals surface area (Å²) in [5.41, 5.74) is -0.238. The molecule has 22 heavy (non-hydrogen) atoms. The van der Waals surface area contributed by atoms with Crippen molar-refractivity contribution in [3.8, 4) is 11.5 Å². The van der Waals surface area contributed by atoms with Crippen LogP contribution in [0.5, 0.6) is 0 Å². The lowest BCUT2D eigenvalue weighted by atomic mass is 10.1. The molecule has 1 aromatic carbocycles. The Bertz CT molecular complexity index is 619. The molecule has 5 nitrogen and oxygen atoms in total. The second-order valence-corrected chi connectivity index (χ2v) is 4.98. The zero-order valence-electron chi connectivity index (χ0n) is 11.6. The average Bonchev–Trinajstić information content (AvgIpc) is 2.96. The summed E-state index contributed by atoms with van der Waals surface area (Å²) in [6, 6.07) is 4.66. The van der Waals surface area contributed by atoms with Crippen LogP contribution in [-0.2, 0) is 17.5 Å². The molecule has 0 radical (unpaired) electrons. The summed E-state index contributed by atoms with van der Waals surface area (Å²) in [4.78, 5) is 6.35. The van der Waals surface area contributed by atoms with Gasteiger partial charge in [-0.05, 0) is 24.3 Å². The number of morpholine rings is 1. The molecule has 1 aliphatic rings. The van der Waals surface area contributed by atoms with E-state index in [1.54, 1.807) is 0 Å². The maximum atomic E-state index is 12.5. The van der Waals surface area contributed by atoms with Crippen LogP contribution in [0.15, 0.2) is 28.8 Å². The maximum absolute atomic E-state index is 12.5. The van der Waals surface area contributed by atoms with Crippen LogP contribution in [0.3, 0.4) is 0 Å². The molecule has 0 aliphatic carbocycles. The van der Waals surface area contributed by atoms with Crippen molar-refractivity contribution in [3.05, 3.63) is 35.7 Å². The standard InChI is InChI=1S/C14H14F3N3O2/c15-14(16,17)11-3-1-10(2-4-11)13-18-12(19-22-13)9-20-5-7-21-8-6-20/h1-4H,5-9H2. The van der Waals surface area contributed by atoms with Gasteiger partial charge in [0, 0.05) is 18.7 Å². The van der Waals surface area contributed by atoms with Crippen LogP contribution in [-0.4, -0.2) is 41.3 Å². The lowest BCUT2D eigenvalue weighted by Gasteiger charge is -2.24. The lowest BCUT2D eigenvalue weighted by Crippen LogP contribution is -2.35. The molecule has 1 aliphatic heterocycles. The number of benzene rings is 1. The molecule has 1 fully saturated rings. The van der Waals surface area contributed by atoms with Gasteiger partial charge in [-0.25, -0.2) is 0 Å². The molecular weight excluding hydrogens is 299 g/mol. The van der Waals surface area contributed by atoms with E-state index in [0.29, 0.717) is 31.1 Å². The van der Waals surface area contributed by atoms with Crippen LogP contribution in [0.25, 0.3) is 11.5 Å². The van der Waals surface area contributed by atoms with Crippen molar-refractivity contribution in [2.45, 2.75) is 12.7 Å². The second-order valence-electron chi connectivity index (χ2n) is 4.98. The van der Waals surface area contributed by atoms with Gasteiger partial charge in [0.2, 0.25) is 0 Å². The van der Waals surface area contributed by atoms with E-state index in [2.05, 4.69) is 15.0 Å². The van der Waals surface area contributed by atoms with Crippen molar-refractivity contribution in [1.29, 1.82) is 0 Å². The molecule has 0 atom stereocenters. The summed E-state index contributed by atoms with van der Waals surface area (Å²) in [6.07, 6.45) is -4.35. The van der Waals surface area contributed by atoms with Crippen LogP contribution in [0, 0.1) is 0 Å². The quantitative estimate of drug-likeness (QED) is 0.872. The highest BCUT2D eigenvalue weighted by atomic mass is 19.4. The van der Waals surface area contributed by atoms with E-state index in [4.69, 9.17) is 9.26 Å². The molecule has 2 heterocycles. The molecule has 0 amide bonds. The molecule has 0 spiro atoms. The third-order valence-electron chi connectivity index (χ3n) is 3.40. The Balaban J connectivity index is 1.70. The van der Waals surface area contributed by atoms with Crippen LogP contribution in [0.2, 0.25) is 0 Å². The highest BCUT2D eigenvalue weighted by Crippen LogP contribution is 2.30.